The number of hydrogen-bond acceptors (Lipinski definition) is 7. The molecule has 162 valence electrons. The van der Waals surface area contributed by atoms with E-state index in [1.54, 1.807) is 30.9 Å². The fourth-order valence-corrected chi connectivity index (χ4v) is 5.75. The summed E-state index contributed by atoms with van der Waals surface area (Å²) in [6.07, 6.45) is 1.92. The highest BCUT2D eigenvalue weighted by Crippen LogP contribution is 2.51. The second-order valence-electron chi connectivity index (χ2n) is 7.11. The van der Waals surface area contributed by atoms with Crippen LogP contribution >= 0.6 is 23.5 Å². The summed E-state index contributed by atoms with van der Waals surface area (Å²) in [6.45, 7) is 2.76. The maximum absolute atomic E-state index is 13.4. The minimum absolute atomic E-state index is 0.00113. The molecule has 4 rings (SSSR count). The maximum atomic E-state index is 13.4. The number of carbonyl (C=O) groups is 1. The fraction of sp³-hybridized carbons (Fsp3) is 0.304. The van der Waals surface area contributed by atoms with E-state index in [2.05, 4.69) is 11.8 Å². The van der Waals surface area contributed by atoms with Crippen molar-refractivity contribution in [1.82, 2.24) is 4.90 Å². The van der Waals surface area contributed by atoms with Gasteiger partial charge in [0.15, 0.2) is 5.17 Å². The standard InChI is InChI=1S/C23H25N3O3S2/c1-5-6-13-26-21(27)20(31-23(26)24-16-9-7-8-10-18(16)29-4)22-25(2)17-14-15(28-3)11-12-19(17)30-22/h7-12,14H,5-6,13H2,1-4H3/b22-20-,24-23?. The molecule has 0 radical (unpaired) electrons. The topological polar surface area (TPSA) is 54.4 Å². The van der Waals surface area contributed by atoms with Gasteiger partial charge in [0.25, 0.3) is 5.91 Å². The van der Waals surface area contributed by atoms with Crippen molar-refractivity contribution in [2.45, 2.75) is 24.7 Å². The van der Waals surface area contributed by atoms with Gasteiger partial charge in [0.1, 0.15) is 22.1 Å². The van der Waals surface area contributed by atoms with Crippen LogP contribution in [-0.4, -0.2) is 43.8 Å². The van der Waals surface area contributed by atoms with Crippen LogP contribution in [0.2, 0.25) is 0 Å². The van der Waals surface area contributed by atoms with Crippen molar-refractivity contribution in [3.8, 4) is 11.5 Å². The number of unbranched alkanes of at least 4 members (excludes halogenated alkanes) is 1. The Morgan fingerprint density at radius 1 is 1.06 bits per heavy atom. The number of fused-ring (bicyclic) bond motifs is 1. The summed E-state index contributed by atoms with van der Waals surface area (Å²) < 4.78 is 10.8. The molecule has 2 heterocycles. The number of methoxy groups -OCH3 is 2. The predicted octanol–water partition coefficient (Wildman–Crippen LogP) is 5.48. The second kappa shape index (κ2) is 9.28. The zero-order valence-electron chi connectivity index (χ0n) is 18.0. The number of amides is 1. The van der Waals surface area contributed by atoms with Crippen LogP contribution in [0.5, 0.6) is 11.5 Å². The third-order valence-corrected chi connectivity index (χ3v) is 7.57. The summed E-state index contributed by atoms with van der Waals surface area (Å²) in [5.41, 5.74) is 1.75. The first kappa shape index (κ1) is 21.6. The van der Waals surface area contributed by atoms with E-state index in [0.29, 0.717) is 28.1 Å². The van der Waals surface area contributed by atoms with Gasteiger partial charge in [0.05, 0.1) is 24.9 Å². The first-order valence-corrected chi connectivity index (χ1v) is 11.8. The summed E-state index contributed by atoms with van der Waals surface area (Å²) in [5, 5.41) is 1.61. The first-order chi connectivity index (χ1) is 15.1. The molecule has 6 nitrogen and oxygen atoms in total. The number of thioether (sulfide) groups is 2. The molecule has 2 aromatic rings. The Kier molecular flexibility index (Phi) is 6.48. The molecule has 1 saturated heterocycles. The molecule has 0 unspecified atom stereocenters. The van der Waals surface area contributed by atoms with Crippen LogP contribution in [0, 0.1) is 0 Å². The van der Waals surface area contributed by atoms with E-state index in [-0.39, 0.29) is 5.91 Å². The van der Waals surface area contributed by atoms with Gasteiger partial charge in [-0.1, -0.05) is 37.2 Å². The summed E-state index contributed by atoms with van der Waals surface area (Å²) in [6, 6.07) is 13.6. The molecule has 2 aliphatic heterocycles. The molecule has 0 N–H and O–H groups in total. The normalized spacial score (nSPS) is 19.4. The molecule has 0 spiro atoms. The van der Waals surface area contributed by atoms with Crippen molar-refractivity contribution in [3.05, 3.63) is 52.4 Å². The molecule has 0 atom stereocenters. The van der Waals surface area contributed by atoms with Crippen LogP contribution in [0.4, 0.5) is 11.4 Å². The molecule has 0 aliphatic carbocycles. The zero-order chi connectivity index (χ0) is 22.0. The third kappa shape index (κ3) is 4.14. The summed E-state index contributed by atoms with van der Waals surface area (Å²) in [7, 11) is 5.27. The number of amidine groups is 1. The minimum Gasteiger partial charge on any atom is -0.497 e. The van der Waals surface area contributed by atoms with Gasteiger partial charge >= 0.3 is 0 Å². The third-order valence-electron chi connectivity index (χ3n) is 5.13. The number of benzene rings is 2. The fourth-order valence-electron chi connectivity index (χ4n) is 3.41. The Bertz CT molecular complexity index is 1070. The van der Waals surface area contributed by atoms with Crippen LogP contribution in [0.3, 0.4) is 0 Å². The van der Waals surface area contributed by atoms with Gasteiger partial charge in [0, 0.05) is 24.6 Å². The lowest BCUT2D eigenvalue weighted by Gasteiger charge is -2.16. The van der Waals surface area contributed by atoms with Gasteiger partial charge in [0.2, 0.25) is 0 Å². The lowest BCUT2D eigenvalue weighted by molar-refractivity contribution is -0.122. The molecule has 1 amide bonds. The quantitative estimate of drug-likeness (QED) is 0.538. The summed E-state index contributed by atoms with van der Waals surface area (Å²) in [4.78, 5) is 23.9. The largest absolute Gasteiger partial charge is 0.497 e. The lowest BCUT2D eigenvalue weighted by atomic mass is 10.3. The average Bonchev–Trinajstić information content (AvgIpc) is 3.28. The zero-order valence-corrected chi connectivity index (χ0v) is 19.7. The van der Waals surface area contributed by atoms with Crippen molar-refractivity contribution in [2.24, 2.45) is 4.99 Å². The number of rotatable bonds is 6. The van der Waals surface area contributed by atoms with Crippen LogP contribution < -0.4 is 14.4 Å². The number of carbonyl (C=O) groups excluding carboxylic acids is 1. The highest BCUT2D eigenvalue weighted by atomic mass is 32.2. The molecule has 0 aromatic heterocycles. The van der Waals surface area contributed by atoms with E-state index >= 15 is 0 Å². The lowest BCUT2D eigenvalue weighted by Crippen LogP contribution is -2.30. The van der Waals surface area contributed by atoms with Gasteiger partial charge in [-0.15, -0.1) is 0 Å². The maximum Gasteiger partial charge on any atom is 0.269 e. The van der Waals surface area contributed by atoms with Crippen molar-refractivity contribution in [3.63, 3.8) is 0 Å². The highest BCUT2D eigenvalue weighted by molar-refractivity contribution is 8.19. The van der Waals surface area contributed by atoms with E-state index in [1.165, 1.54) is 11.8 Å². The van der Waals surface area contributed by atoms with E-state index in [9.17, 15) is 4.79 Å². The minimum atomic E-state index is 0.00113. The Hall–Kier alpha value is -2.58. The van der Waals surface area contributed by atoms with Gasteiger partial charge in [-0.05, 0) is 42.4 Å². The van der Waals surface area contributed by atoms with Crippen molar-refractivity contribution < 1.29 is 14.3 Å². The van der Waals surface area contributed by atoms with E-state index in [0.717, 1.165) is 34.2 Å². The number of para-hydroxylation sites is 2. The number of nitrogens with zero attached hydrogens (tertiary/aromatic N) is 3. The van der Waals surface area contributed by atoms with Gasteiger partial charge in [-0.25, -0.2) is 4.99 Å². The average molecular weight is 456 g/mol. The molecular weight excluding hydrogens is 430 g/mol. The van der Waals surface area contributed by atoms with Crippen LogP contribution in [-0.2, 0) is 4.79 Å². The second-order valence-corrected chi connectivity index (χ2v) is 9.12. The predicted molar refractivity (Wildman–Crippen MR) is 129 cm³/mol. The molecular formula is C23H25N3O3S2. The van der Waals surface area contributed by atoms with Crippen LogP contribution in [0.15, 0.2) is 62.3 Å². The van der Waals surface area contributed by atoms with Gasteiger partial charge in [-0.3, -0.25) is 9.69 Å². The van der Waals surface area contributed by atoms with E-state index < -0.39 is 0 Å². The number of ether oxygens (including phenoxy) is 2. The Morgan fingerprint density at radius 2 is 1.87 bits per heavy atom. The molecule has 0 saturated carbocycles. The Balaban J connectivity index is 1.73. The van der Waals surface area contributed by atoms with Gasteiger partial charge < -0.3 is 14.4 Å². The summed E-state index contributed by atoms with van der Waals surface area (Å²) in [5.74, 6) is 1.48. The SMILES string of the molecule is CCCCN1C(=O)/C(=C2/Sc3ccc(OC)cc3N2C)SC1=Nc1ccccc1OC. The number of aliphatic imine (C=N–C) groups is 1. The first-order valence-electron chi connectivity index (χ1n) is 10.1. The molecule has 2 aromatic carbocycles. The Labute approximate surface area is 191 Å². The molecule has 2 aliphatic rings. The number of anilines is 1. The van der Waals surface area contributed by atoms with Crippen molar-refractivity contribution in [2.75, 3.05) is 32.7 Å². The smallest absolute Gasteiger partial charge is 0.269 e. The van der Waals surface area contributed by atoms with Crippen LogP contribution in [0.25, 0.3) is 0 Å². The Morgan fingerprint density at radius 3 is 2.61 bits per heavy atom. The van der Waals surface area contributed by atoms with E-state index in [1.807, 2.05) is 49.5 Å². The van der Waals surface area contributed by atoms with Crippen molar-refractivity contribution in [1.29, 1.82) is 0 Å². The summed E-state index contributed by atoms with van der Waals surface area (Å²) >= 11 is 3.04. The van der Waals surface area contributed by atoms with E-state index in [4.69, 9.17) is 14.5 Å². The monoisotopic (exact) mass is 455 g/mol. The number of hydrogen-bond donors (Lipinski definition) is 0. The van der Waals surface area contributed by atoms with Crippen LogP contribution in [0.1, 0.15) is 19.8 Å². The molecule has 8 heteroatoms. The molecule has 1 fully saturated rings. The van der Waals surface area contributed by atoms with Crippen molar-refractivity contribution >= 4 is 46.0 Å². The molecule has 0 bridgehead atoms. The van der Waals surface area contributed by atoms with Gasteiger partial charge in [-0.2, -0.15) is 0 Å². The highest BCUT2D eigenvalue weighted by Gasteiger charge is 2.39. The molecule has 31 heavy (non-hydrogen) atoms.